The Bertz CT molecular complexity index is 1160. The van der Waals surface area contributed by atoms with Crippen molar-refractivity contribution < 1.29 is 23.9 Å². The van der Waals surface area contributed by atoms with Gasteiger partial charge in [-0.25, -0.2) is 9.59 Å². The molecule has 0 fully saturated rings. The van der Waals surface area contributed by atoms with E-state index in [1.165, 1.54) is 0 Å². The van der Waals surface area contributed by atoms with Crippen molar-refractivity contribution in [3.63, 3.8) is 0 Å². The lowest BCUT2D eigenvalue weighted by Crippen LogP contribution is -2.53. The van der Waals surface area contributed by atoms with Crippen LogP contribution in [0.3, 0.4) is 0 Å². The van der Waals surface area contributed by atoms with Crippen LogP contribution in [0.25, 0.3) is 10.8 Å². The molecule has 2 N–H and O–H groups in total. The van der Waals surface area contributed by atoms with Crippen LogP contribution < -0.4 is 10.6 Å². The molecule has 0 spiro atoms. The molecule has 0 aliphatic heterocycles. The molecule has 2 atom stereocenters. The third kappa shape index (κ3) is 7.83. The van der Waals surface area contributed by atoms with Gasteiger partial charge in [-0.3, -0.25) is 4.79 Å². The van der Waals surface area contributed by atoms with E-state index in [4.69, 9.17) is 9.47 Å². The van der Waals surface area contributed by atoms with Gasteiger partial charge in [0, 0.05) is 6.42 Å². The highest BCUT2D eigenvalue weighted by Crippen LogP contribution is 2.20. The topological polar surface area (TPSA) is 93.7 Å². The van der Waals surface area contributed by atoms with Crippen molar-refractivity contribution in [2.45, 2.75) is 52.3 Å². The number of hydrogen-bond acceptors (Lipinski definition) is 5. The molecule has 36 heavy (non-hydrogen) atoms. The van der Waals surface area contributed by atoms with E-state index in [1.54, 1.807) is 6.92 Å². The Kier molecular flexibility index (Phi) is 9.86. The summed E-state index contributed by atoms with van der Waals surface area (Å²) in [6.07, 6.45) is -0.0646. The summed E-state index contributed by atoms with van der Waals surface area (Å²) in [7, 11) is 0. The molecule has 0 bridgehead atoms. The summed E-state index contributed by atoms with van der Waals surface area (Å²) in [6.45, 7) is 5.94. The number of benzene rings is 3. The number of esters is 1. The number of ether oxygens (including phenoxy) is 2. The Labute approximate surface area is 212 Å². The summed E-state index contributed by atoms with van der Waals surface area (Å²) >= 11 is 0. The van der Waals surface area contributed by atoms with E-state index in [0.29, 0.717) is 6.42 Å². The molecule has 0 saturated heterocycles. The summed E-state index contributed by atoms with van der Waals surface area (Å²) < 4.78 is 10.5. The van der Waals surface area contributed by atoms with Crippen molar-refractivity contribution in [1.29, 1.82) is 0 Å². The first-order chi connectivity index (χ1) is 17.4. The fourth-order valence-corrected chi connectivity index (χ4v) is 4.01. The molecular weight excluding hydrogens is 456 g/mol. The number of rotatable bonds is 11. The highest BCUT2D eigenvalue weighted by Gasteiger charge is 2.29. The molecule has 3 aromatic carbocycles. The van der Waals surface area contributed by atoms with E-state index in [1.807, 2.05) is 86.6 Å². The Morgan fingerprint density at radius 1 is 0.806 bits per heavy atom. The van der Waals surface area contributed by atoms with Crippen LogP contribution in [-0.2, 0) is 32.1 Å². The first-order valence-electron chi connectivity index (χ1n) is 12.3. The average Bonchev–Trinajstić information content (AvgIpc) is 2.87. The first-order valence-corrected chi connectivity index (χ1v) is 12.3. The van der Waals surface area contributed by atoms with E-state index in [2.05, 4.69) is 10.6 Å². The number of alkyl carbamates (subject to hydrolysis) is 1. The fourth-order valence-electron chi connectivity index (χ4n) is 4.01. The van der Waals surface area contributed by atoms with Crippen LogP contribution in [0.1, 0.15) is 38.3 Å². The predicted octanol–water partition coefficient (Wildman–Crippen LogP) is 4.77. The van der Waals surface area contributed by atoms with Gasteiger partial charge in [0.1, 0.15) is 18.7 Å². The van der Waals surface area contributed by atoms with Gasteiger partial charge in [-0.05, 0) is 41.2 Å². The molecule has 7 heteroatoms. The number of carbonyl (C=O) groups excluding carboxylic acids is 3. The highest BCUT2D eigenvalue weighted by atomic mass is 16.5. The van der Waals surface area contributed by atoms with E-state index in [0.717, 1.165) is 21.9 Å². The normalized spacial score (nSPS) is 12.6. The Balaban J connectivity index is 1.80. The molecular formula is C29H34N2O5. The maximum absolute atomic E-state index is 13.4. The first kappa shape index (κ1) is 26.7. The van der Waals surface area contributed by atoms with Crippen LogP contribution in [-0.4, -0.2) is 36.7 Å². The van der Waals surface area contributed by atoms with Gasteiger partial charge in [0.15, 0.2) is 0 Å². The highest BCUT2D eigenvalue weighted by molar-refractivity contribution is 5.91. The van der Waals surface area contributed by atoms with E-state index in [-0.39, 0.29) is 25.6 Å². The molecule has 0 aliphatic rings. The molecule has 0 radical (unpaired) electrons. The zero-order valence-electron chi connectivity index (χ0n) is 21.0. The van der Waals surface area contributed by atoms with Gasteiger partial charge in [0.05, 0.1) is 6.61 Å². The summed E-state index contributed by atoms with van der Waals surface area (Å²) in [5.41, 5.74) is 1.73. The Hall–Kier alpha value is -3.87. The molecule has 0 saturated carbocycles. The Morgan fingerprint density at radius 3 is 2.22 bits per heavy atom. The molecule has 0 aliphatic carbocycles. The van der Waals surface area contributed by atoms with Crippen molar-refractivity contribution in [2.75, 3.05) is 6.61 Å². The number of fused-ring (bicyclic) bond motifs is 1. The minimum absolute atomic E-state index is 0.0775. The number of hydrogen-bond donors (Lipinski definition) is 2. The van der Waals surface area contributed by atoms with Crippen molar-refractivity contribution in [2.24, 2.45) is 5.92 Å². The van der Waals surface area contributed by atoms with Crippen molar-refractivity contribution in [3.05, 3.63) is 83.9 Å². The zero-order valence-corrected chi connectivity index (χ0v) is 21.0. The van der Waals surface area contributed by atoms with Gasteiger partial charge >= 0.3 is 12.1 Å². The SMILES string of the molecule is CCOC(=O)[C@H](CC(C)C)NC(=O)[C@H](Cc1cccc2ccccc12)NC(=O)OCc1ccccc1. The molecule has 0 heterocycles. The quantitative estimate of drug-likeness (QED) is 0.378. The van der Waals surface area contributed by atoms with Crippen LogP contribution in [0.15, 0.2) is 72.8 Å². The minimum atomic E-state index is -0.955. The second-order valence-corrected chi connectivity index (χ2v) is 9.04. The lowest BCUT2D eigenvalue weighted by atomic mass is 9.97. The third-order valence-electron chi connectivity index (χ3n) is 5.72. The van der Waals surface area contributed by atoms with Crippen molar-refractivity contribution >= 4 is 28.7 Å². The second-order valence-electron chi connectivity index (χ2n) is 9.04. The molecule has 0 aromatic heterocycles. The monoisotopic (exact) mass is 490 g/mol. The minimum Gasteiger partial charge on any atom is -0.464 e. The lowest BCUT2D eigenvalue weighted by Gasteiger charge is -2.24. The van der Waals surface area contributed by atoms with E-state index >= 15 is 0 Å². The van der Waals surface area contributed by atoms with Crippen LogP contribution >= 0.6 is 0 Å². The van der Waals surface area contributed by atoms with Gasteiger partial charge < -0.3 is 20.1 Å². The largest absolute Gasteiger partial charge is 0.464 e. The Morgan fingerprint density at radius 2 is 1.50 bits per heavy atom. The smallest absolute Gasteiger partial charge is 0.408 e. The lowest BCUT2D eigenvalue weighted by molar-refractivity contribution is -0.148. The van der Waals surface area contributed by atoms with Gasteiger partial charge in [-0.15, -0.1) is 0 Å². The molecule has 3 aromatic rings. The van der Waals surface area contributed by atoms with Gasteiger partial charge in [0.25, 0.3) is 0 Å². The van der Waals surface area contributed by atoms with Crippen molar-refractivity contribution in [3.8, 4) is 0 Å². The average molecular weight is 491 g/mol. The van der Waals surface area contributed by atoms with E-state index < -0.39 is 30.1 Å². The summed E-state index contributed by atoms with van der Waals surface area (Å²) in [5, 5.41) is 7.52. The summed E-state index contributed by atoms with van der Waals surface area (Å²) in [6, 6.07) is 21.2. The summed E-state index contributed by atoms with van der Waals surface area (Å²) in [4.78, 5) is 38.6. The molecule has 190 valence electrons. The van der Waals surface area contributed by atoms with Crippen LogP contribution in [0.5, 0.6) is 0 Å². The summed E-state index contributed by atoms with van der Waals surface area (Å²) in [5.74, 6) is -0.812. The van der Waals surface area contributed by atoms with Gasteiger partial charge in [-0.1, -0.05) is 86.6 Å². The van der Waals surface area contributed by atoms with Gasteiger partial charge in [0.2, 0.25) is 5.91 Å². The molecule has 7 nitrogen and oxygen atoms in total. The van der Waals surface area contributed by atoms with Gasteiger partial charge in [-0.2, -0.15) is 0 Å². The number of amides is 2. The third-order valence-corrected chi connectivity index (χ3v) is 5.72. The maximum Gasteiger partial charge on any atom is 0.408 e. The van der Waals surface area contributed by atoms with E-state index in [9.17, 15) is 14.4 Å². The second kappa shape index (κ2) is 13.3. The fraction of sp³-hybridized carbons (Fsp3) is 0.345. The van der Waals surface area contributed by atoms with Crippen LogP contribution in [0.4, 0.5) is 4.79 Å². The predicted molar refractivity (Wildman–Crippen MR) is 139 cm³/mol. The molecule has 3 rings (SSSR count). The number of carbonyl (C=O) groups is 3. The van der Waals surface area contributed by atoms with Crippen LogP contribution in [0.2, 0.25) is 0 Å². The van der Waals surface area contributed by atoms with Crippen molar-refractivity contribution in [1.82, 2.24) is 10.6 Å². The maximum atomic E-state index is 13.4. The number of nitrogens with one attached hydrogen (secondary N) is 2. The van der Waals surface area contributed by atoms with Crippen LogP contribution in [0, 0.1) is 5.92 Å². The molecule has 2 amide bonds. The molecule has 0 unspecified atom stereocenters. The standard InChI is InChI=1S/C29H34N2O5/c1-4-35-28(33)26(17-20(2)3)30-27(32)25(31-29(34)36-19-21-11-6-5-7-12-21)18-23-15-10-14-22-13-8-9-16-24(22)23/h5-16,20,25-26H,4,17-19H2,1-3H3,(H,30,32)(H,31,34)/t25-,26-/m0/s1. The zero-order chi connectivity index (χ0) is 25.9.